The van der Waals surface area contributed by atoms with Gasteiger partial charge in [0.25, 0.3) is 0 Å². The summed E-state index contributed by atoms with van der Waals surface area (Å²) in [4.78, 5) is 0.724. The number of methoxy groups -OCH3 is 1. The number of halogens is 1. The van der Waals surface area contributed by atoms with Gasteiger partial charge in [0.15, 0.2) is 0 Å². The van der Waals surface area contributed by atoms with E-state index in [-0.39, 0.29) is 5.82 Å². The van der Waals surface area contributed by atoms with Crippen molar-refractivity contribution in [2.24, 2.45) is 0 Å². The van der Waals surface area contributed by atoms with Crippen molar-refractivity contribution in [3.05, 3.63) is 29.6 Å². The van der Waals surface area contributed by atoms with Gasteiger partial charge in [-0.2, -0.15) is 0 Å². The van der Waals surface area contributed by atoms with E-state index in [1.165, 1.54) is 17.8 Å². The molecule has 84 valence electrons. The predicted molar refractivity (Wildman–Crippen MR) is 61.8 cm³/mol. The highest BCUT2D eigenvalue weighted by atomic mass is 32.2. The third-order valence-corrected chi connectivity index (χ3v) is 2.92. The van der Waals surface area contributed by atoms with Crippen LogP contribution in [0.4, 0.5) is 4.39 Å². The minimum absolute atomic E-state index is 0.145. The van der Waals surface area contributed by atoms with Crippen LogP contribution in [0, 0.1) is 5.82 Å². The molecule has 0 fully saturated rings. The summed E-state index contributed by atoms with van der Waals surface area (Å²) in [6, 6.07) is 5.17. The molecule has 1 aromatic rings. The maximum atomic E-state index is 13.4. The van der Waals surface area contributed by atoms with E-state index in [0.29, 0.717) is 13.2 Å². The molecule has 0 aliphatic rings. The van der Waals surface area contributed by atoms with Crippen LogP contribution in [0.5, 0.6) is 0 Å². The molecule has 0 aromatic heterocycles. The van der Waals surface area contributed by atoms with Gasteiger partial charge in [-0.3, -0.25) is 0 Å². The first-order valence-corrected chi connectivity index (χ1v) is 6.03. The third-order valence-electron chi connectivity index (χ3n) is 2.05. The second kappa shape index (κ2) is 6.82. The molecule has 0 aliphatic heterocycles. The fourth-order valence-corrected chi connectivity index (χ4v) is 1.98. The summed E-state index contributed by atoms with van der Waals surface area (Å²) in [6.45, 7) is 2.13. The van der Waals surface area contributed by atoms with E-state index in [2.05, 4.69) is 5.32 Å². The first kappa shape index (κ1) is 12.5. The van der Waals surface area contributed by atoms with Gasteiger partial charge < -0.3 is 10.1 Å². The predicted octanol–water partition coefficient (Wildman–Crippen LogP) is 2.28. The molecule has 0 saturated heterocycles. The summed E-state index contributed by atoms with van der Waals surface area (Å²) < 4.78 is 18.3. The largest absolute Gasteiger partial charge is 0.383 e. The monoisotopic (exact) mass is 229 g/mol. The fraction of sp³-hybridized carbons (Fsp3) is 0.455. The summed E-state index contributed by atoms with van der Waals surface area (Å²) in [5, 5.41) is 3.20. The first-order chi connectivity index (χ1) is 7.29. The van der Waals surface area contributed by atoms with Crippen LogP contribution in [-0.2, 0) is 11.3 Å². The standard InChI is InChI=1S/C11H16FNOS/c1-14-7-6-13-8-9-4-3-5-10(12)11(9)15-2/h3-5,13H,6-8H2,1-2H3. The molecule has 15 heavy (non-hydrogen) atoms. The van der Waals surface area contributed by atoms with Crippen LogP contribution >= 0.6 is 11.8 Å². The maximum Gasteiger partial charge on any atom is 0.137 e. The van der Waals surface area contributed by atoms with E-state index >= 15 is 0 Å². The molecule has 2 nitrogen and oxygen atoms in total. The number of rotatable bonds is 6. The number of hydrogen-bond acceptors (Lipinski definition) is 3. The Balaban J connectivity index is 2.56. The molecule has 1 aromatic carbocycles. The van der Waals surface area contributed by atoms with E-state index in [1.54, 1.807) is 13.2 Å². The zero-order valence-electron chi connectivity index (χ0n) is 9.05. The summed E-state index contributed by atoms with van der Waals surface area (Å²) >= 11 is 1.44. The smallest absolute Gasteiger partial charge is 0.137 e. The molecule has 4 heteroatoms. The SMILES string of the molecule is COCCNCc1cccc(F)c1SC. The topological polar surface area (TPSA) is 21.3 Å². The van der Waals surface area contributed by atoms with Gasteiger partial charge in [0.05, 0.1) is 6.61 Å². The Kier molecular flexibility index (Phi) is 5.68. The van der Waals surface area contributed by atoms with E-state index < -0.39 is 0 Å². The molecular weight excluding hydrogens is 213 g/mol. The van der Waals surface area contributed by atoms with Crippen molar-refractivity contribution in [3.8, 4) is 0 Å². The summed E-state index contributed by atoms with van der Waals surface area (Å²) in [5.74, 6) is -0.145. The van der Waals surface area contributed by atoms with Crippen molar-refractivity contribution in [2.45, 2.75) is 11.4 Å². The number of thioether (sulfide) groups is 1. The van der Waals surface area contributed by atoms with Crippen molar-refractivity contribution in [1.82, 2.24) is 5.32 Å². The molecule has 0 radical (unpaired) electrons. The average molecular weight is 229 g/mol. The van der Waals surface area contributed by atoms with Crippen LogP contribution in [-0.4, -0.2) is 26.5 Å². The Bertz CT molecular complexity index is 307. The van der Waals surface area contributed by atoms with Gasteiger partial charge in [0.2, 0.25) is 0 Å². The van der Waals surface area contributed by atoms with Crippen LogP contribution in [0.15, 0.2) is 23.1 Å². The van der Waals surface area contributed by atoms with Crippen molar-refractivity contribution in [2.75, 3.05) is 26.5 Å². The van der Waals surface area contributed by atoms with Gasteiger partial charge in [-0.25, -0.2) is 4.39 Å². The normalized spacial score (nSPS) is 10.6. The summed E-state index contributed by atoms with van der Waals surface area (Å²) in [5.41, 5.74) is 0.999. The minimum atomic E-state index is -0.145. The van der Waals surface area contributed by atoms with Crippen molar-refractivity contribution < 1.29 is 9.13 Å². The molecule has 0 saturated carbocycles. The maximum absolute atomic E-state index is 13.4. The Labute approximate surface area is 94.2 Å². The zero-order chi connectivity index (χ0) is 11.1. The Hall–Kier alpha value is -0.580. The third kappa shape index (κ3) is 3.81. The molecule has 0 atom stereocenters. The molecule has 0 unspecified atom stereocenters. The van der Waals surface area contributed by atoms with Crippen LogP contribution in [0.2, 0.25) is 0 Å². The van der Waals surface area contributed by atoms with Crippen LogP contribution < -0.4 is 5.32 Å². The lowest BCUT2D eigenvalue weighted by Gasteiger charge is -2.09. The van der Waals surface area contributed by atoms with Gasteiger partial charge >= 0.3 is 0 Å². The molecule has 0 bridgehead atoms. The van der Waals surface area contributed by atoms with Gasteiger partial charge in [-0.1, -0.05) is 12.1 Å². The van der Waals surface area contributed by atoms with Gasteiger partial charge in [0.1, 0.15) is 5.82 Å². The fourth-order valence-electron chi connectivity index (χ4n) is 1.32. The molecule has 0 amide bonds. The lowest BCUT2D eigenvalue weighted by molar-refractivity contribution is 0.199. The quantitative estimate of drug-likeness (QED) is 0.597. The van der Waals surface area contributed by atoms with Gasteiger partial charge in [-0.15, -0.1) is 11.8 Å². The summed E-state index contributed by atoms with van der Waals surface area (Å²) in [7, 11) is 1.66. The second-order valence-electron chi connectivity index (χ2n) is 3.10. The number of benzene rings is 1. The molecule has 0 heterocycles. The zero-order valence-corrected chi connectivity index (χ0v) is 9.86. The van der Waals surface area contributed by atoms with Crippen LogP contribution in [0.1, 0.15) is 5.56 Å². The van der Waals surface area contributed by atoms with Gasteiger partial charge in [-0.05, 0) is 17.9 Å². The van der Waals surface area contributed by atoms with E-state index in [1.807, 2.05) is 12.3 Å². The lowest BCUT2D eigenvalue weighted by atomic mass is 10.2. The summed E-state index contributed by atoms with van der Waals surface area (Å²) in [6.07, 6.45) is 1.89. The van der Waals surface area contributed by atoms with E-state index in [9.17, 15) is 4.39 Å². The number of ether oxygens (including phenoxy) is 1. The highest BCUT2D eigenvalue weighted by molar-refractivity contribution is 7.98. The second-order valence-corrected chi connectivity index (χ2v) is 3.92. The van der Waals surface area contributed by atoms with Crippen molar-refractivity contribution in [3.63, 3.8) is 0 Å². The Morgan fingerprint density at radius 2 is 2.27 bits per heavy atom. The lowest BCUT2D eigenvalue weighted by Crippen LogP contribution is -2.19. The molecular formula is C11H16FNOS. The molecule has 1 rings (SSSR count). The van der Waals surface area contributed by atoms with Crippen LogP contribution in [0.3, 0.4) is 0 Å². The number of nitrogens with one attached hydrogen (secondary N) is 1. The molecule has 0 spiro atoms. The first-order valence-electron chi connectivity index (χ1n) is 4.80. The van der Waals surface area contributed by atoms with Crippen molar-refractivity contribution in [1.29, 1.82) is 0 Å². The highest BCUT2D eigenvalue weighted by Crippen LogP contribution is 2.23. The highest BCUT2D eigenvalue weighted by Gasteiger charge is 2.05. The van der Waals surface area contributed by atoms with Crippen molar-refractivity contribution >= 4 is 11.8 Å². The van der Waals surface area contributed by atoms with E-state index in [0.717, 1.165) is 17.0 Å². The Morgan fingerprint density at radius 1 is 1.47 bits per heavy atom. The molecule has 1 N–H and O–H groups in total. The molecule has 0 aliphatic carbocycles. The number of hydrogen-bond donors (Lipinski definition) is 1. The van der Waals surface area contributed by atoms with E-state index in [4.69, 9.17) is 4.74 Å². The Morgan fingerprint density at radius 3 is 2.93 bits per heavy atom. The minimum Gasteiger partial charge on any atom is -0.383 e. The van der Waals surface area contributed by atoms with Gasteiger partial charge in [0, 0.05) is 25.1 Å². The average Bonchev–Trinajstić information content (AvgIpc) is 2.24. The van der Waals surface area contributed by atoms with Crippen LogP contribution in [0.25, 0.3) is 0 Å².